The molecule has 3 aliphatic rings. The maximum atomic E-state index is 11.1. The molecule has 1 aliphatic carbocycles. The molecule has 6 rings (SSSR count). The fourth-order valence-electron chi connectivity index (χ4n) is 5.44. The highest BCUT2D eigenvalue weighted by Gasteiger charge is 2.30. The Kier molecular flexibility index (Phi) is 5.75. The lowest BCUT2D eigenvalue weighted by Gasteiger charge is -2.17. The molecular weight excluding hydrogens is 454 g/mol. The number of benzene rings is 3. The summed E-state index contributed by atoms with van der Waals surface area (Å²) in [6, 6.07) is 16.6. The van der Waals surface area contributed by atoms with Crippen molar-refractivity contribution in [2.75, 3.05) is 25.1 Å². The van der Waals surface area contributed by atoms with Crippen LogP contribution in [0.15, 0.2) is 48.5 Å². The van der Waals surface area contributed by atoms with Crippen LogP contribution in [0.4, 0.5) is 5.69 Å². The minimum absolute atomic E-state index is 0.0102. The summed E-state index contributed by atoms with van der Waals surface area (Å²) < 4.78 is 18.1. The zero-order chi connectivity index (χ0) is 24.8. The van der Waals surface area contributed by atoms with Gasteiger partial charge in [0.1, 0.15) is 23.9 Å². The minimum Gasteiger partial charge on any atom is -0.493 e. The summed E-state index contributed by atoms with van der Waals surface area (Å²) in [7, 11) is 0. The summed E-state index contributed by atoms with van der Waals surface area (Å²) in [5.74, 6) is 2.45. The van der Waals surface area contributed by atoms with Gasteiger partial charge in [-0.1, -0.05) is 24.3 Å². The van der Waals surface area contributed by atoms with Gasteiger partial charge in [-0.25, -0.2) is 0 Å². The third kappa shape index (κ3) is 4.36. The molecule has 3 aromatic carbocycles. The zero-order valence-electron chi connectivity index (χ0n) is 20.7. The number of nitrogens with one attached hydrogen (secondary N) is 1. The maximum Gasteiger partial charge on any atom is 0.304 e. The summed E-state index contributed by atoms with van der Waals surface area (Å²) in [6.07, 6.45) is 2.64. The van der Waals surface area contributed by atoms with Gasteiger partial charge < -0.3 is 24.6 Å². The number of anilines is 1. The molecule has 0 amide bonds. The molecule has 6 nitrogen and oxygen atoms in total. The molecule has 186 valence electrons. The predicted octanol–water partition coefficient (Wildman–Crippen LogP) is 6.26. The number of ether oxygens (including phenoxy) is 3. The topological polar surface area (TPSA) is 77.0 Å². The smallest absolute Gasteiger partial charge is 0.304 e. The normalized spacial score (nSPS) is 19.7. The van der Waals surface area contributed by atoms with Gasteiger partial charge in [0.05, 0.1) is 25.7 Å². The van der Waals surface area contributed by atoms with E-state index in [0.717, 1.165) is 52.2 Å². The number of para-hydroxylation sites is 1. The van der Waals surface area contributed by atoms with Crippen LogP contribution in [0.3, 0.4) is 0 Å². The lowest BCUT2D eigenvalue weighted by Crippen LogP contribution is -2.11. The minimum atomic E-state index is -0.805. The Labute approximate surface area is 211 Å². The Morgan fingerprint density at radius 1 is 1.03 bits per heavy atom. The van der Waals surface area contributed by atoms with Gasteiger partial charge in [-0.2, -0.15) is 0 Å². The van der Waals surface area contributed by atoms with Gasteiger partial charge in [-0.3, -0.25) is 4.79 Å². The first kappa shape index (κ1) is 22.8. The van der Waals surface area contributed by atoms with E-state index in [9.17, 15) is 4.79 Å². The second kappa shape index (κ2) is 9.08. The van der Waals surface area contributed by atoms with Gasteiger partial charge in [0.25, 0.3) is 0 Å². The number of aliphatic carboxylic acids is 1. The highest BCUT2D eigenvalue weighted by Crippen LogP contribution is 2.45. The number of rotatable bonds is 8. The van der Waals surface area contributed by atoms with Crippen molar-refractivity contribution in [2.45, 2.75) is 45.1 Å². The lowest BCUT2D eigenvalue weighted by atomic mass is 9.92. The van der Waals surface area contributed by atoms with Crippen molar-refractivity contribution in [3.05, 3.63) is 70.8 Å². The molecular formula is C30H31NO5. The Bertz CT molecular complexity index is 1310. The van der Waals surface area contributed by atoms with Crippen LogP contribution in [0.25, 0.3) is 11.1 Å². The summed E-state index contributed by atoms with van der Waals surface area (Å²) >= 11 is 0. The van der Waals surface area contributed by atoms with Crippen molar-refractivity contribution < 1.29 is 24.1 Å². The Balaban J connectivity index is 1.23. The third-order valence-corrected chi connectivity index (χ3v) is 7.43. The average molecular weight is 486 g/mol. The highest BCUT2D eigenvalue weighted by molar-refractivity contribution is 5.79. The molecule has 36 heavy (non-hydrogen) atoms. The molecule has 2 atom stereocenters. The molecule has 6 heteroatoms. The monoisotopic (exact) mass is 485 g/mol. The van der Waals surface area contributed by atoms with Gasteiger partial charge in [0.15, 0.2) is 0 Å². The largest absolute Gasteiger partial charge is 0.493 e. The molecule has 2 heterocycles. The van der Waals surface area contributed by atoms with E-state index >= 15 is 0 Å². The van der Waals surface area contributed by atoms with E-state index in [1.807, 2.05) is 18.2 Å². The van der Waals surface area contributed by atoms with Gasteiger partial charge in [-0.15, -0.1) is 0 Å². The molecule has 0 aromatic heterocycles. The molecule has 0 saturated heterocycles. The van der Waals surface area contributed by atoms with E-state index in [2.05, 4.69) is 49.5 Å². The van der Waals surface area contributed by atoms with Crippen LogP contribution in [-0.4, -0.2) is 30.9 Å². The van der Waals surface area contributed by atoms with Gasteiger partial charge in [0, 0.05) is 34.4 Å². The van der Waals surface area contributed by atoms with E-state index in [1.54, 1.807) is 0 Å². The Morgan fingerprint density at radius 2 is 1.83 bits per heavy atom. The molecule has 0 unspecified atom stereocenters. The van der Waals surface area contributed by atoms with Crippen LogP contribution >= 0.6 is 0 Å². The fraction of sp³-hybridized carbons (Fsp3) is 0.367. The van der Waals surface area contributed by atoms with Crippen molar-refractivity contribution >= 4 is 11.7 Å². The van der Waals surface area contributed by atoms with Crippen LogP contribution in [0.2, 0.25) is 0 Å². The number of hydrogen-bond donors (Lipinski definition) is 2. The number of carboxylic acid groups (broad SMARTS) is 1. The SMILES string of the molecule is Cc1cc(OCC2CC2)cc(C)c1-c1cccc2c1OC[C@H]2Nc1ccc2c(c1)OC[C@H]2CC(=O)O. The predicted molar refractivity (Wildman–Crippen MR) is 138 cm³/mol. The van der Waals surface area contributed by atoms with Crippen molar-refractivity contribution in [3.8, 4) is 28.4 Å². The van der Waals surface area contributed by atoms with Crippen LogP contribution in [-0.2, 0) is 4.79 Å². The quantitative estimate of drug-likeness (QED) is 0.392. The number of fused-ring (bicyclic) bond motifs is 2. The fourth-order valence-corrected chi connectivity index (χ4v) is 5.44. The molecule has 1 fully saturated rings. The number of carboxylic acids is 1. The molecule has 0 bridgehead atoms. The lowest BCUT2D eigenvalue weighted by molar-refractivity contribution is -0.137. The first-order chi connectivity index (χ1) is 17.5. The second-order valence-electron chi connectivity index (χ2n) is 10.3. The number of carbonyl (C=O) groups is 1. The first-order valence-corrected chi connectivity index (χ1v) is 12.7. The molecule has 0 spiro atoms. The van der Waals surface area contributed by atoms with Crippen LogP contribution < -0.4 is 19.5 Å². The standard InChI is InChI=1S/C30H31NO5/c1-17-10-22(34-14-19-6-7-19)11-18(2)29(17)25-5-3-4-24-26(16-36-30(24)25)31-21-8-9-23-20(12-28(32)33)15-35-27(23)13-21/h3-5,8-11,13,19-20,26,31H,6-7,12,14-16H2,1-2H3,(H,32,33)/t20-,26-/m1/s1. The van der Waals surface area contributed by atoms with E-state index < -0.39 is 5.97 Å². The highest BCUT2D eigenvalue weighted by atomic mass is 16.5. The van der Waals surface area contributed by atoms with Gasteiger partial charge in [-0.05, 0) is 67.5 Å². The summed E-state index contributed by atoms with van der Waals surface area (Å²) in [5, 5.41) is 12.7. The molecule has 2 N–H and O–H groups in total. The van der Waals surface area contributed by atoms with Crippen molar-refractivity contribution in [1.82, 2.24) is 0 Å². The average Bonchev–Trinajstić information content (AvgIpc) is 3.47. The summed E-state index contributed by atoms with van der Waals surface area (Å²) in [6.45, 7) is 6.03. The maximum absolute atomic E-state index is 11.1. The van der Waals surface area contributed by atoms with E-state index in [4.69, 9.17) is 19.3 Å². The van der Waals surface area contributed by atoms with Crippen molar-refractivity contribution in [3.63, 3.8) is 0 Å². The van der Waals surface area contributed by atoms with E-state index in [1.165, 1.54) is 29.5 Å². The third-order valence-electron chi connectivity index (χ3n) is 7.43. The Hall–Kier alpha value is -3.67. The Morgan fingerprint density at radius 3 is 2.58 bits per heavy atom. The van der Waals surface area contributed by atoms with Gasteiger partial charge >= 0.3 is 5.97 Å². The van der Waals surface area contributed by atoms with E-state index in [0.29, 0.717) is 13.2 Å². The summed E-state index contributed by atoms with van der Waals surface area (Å²) in [5.41, 5.74) is 7.69. The van der Waals surface area contributed by atoms with E-state index in [-0.39, 0.29) is 18.4 Å². The second-order valence-corrected chi connectivity index (χ2v) is 10.3. The number of hydrogen-bond acceptors (Lipinski definition) is 5. The molecule has 1 saturated carbocycles. The first-order valence-electron chi connectivity index (χ1n) is 12.7. The van der Waals surface area contributed by atoms with Crippen LogP contribution in [0.1, 0.15) is 53.5 Å². The van der Waals surface area contributed by atoms with Crippen molar-refractivity contribution in [1.29, 1.82) is 0 Å². The summed E-state index contributed by atoms with van der Waals surface area (Å²) in [4.78, 5) is 11.1. The molecule has 2 aliphatic heterocycles. The van der Waals surface area contributed by atoms with Crippen LogP contribution in [0.5, 0.6) is 17.2 Å². The van der Waals surface area contributed by atoms with Crippen LogP contribution in [0, 0.1) is 19.8 Å². The molecule has 0 radical (unpaired) electrons. The number of aryl methyl sites for hydroxylation is 2. The van der Waals surface area contributed by atoms with Crippen molar-refractivity contribution in [2.24, 2.45) is 5.92 Å². The molecule has 3 aromatic rings. The van der Waals surface area contributed by atoms with Gasteiger partial charge in [0.2, 0.25) is 0 Å². The zero-order valence-corrected chi connectivity index (χ0v) is 20.7.